The molecule has 1 fully saturated rings. The van der Waals surface area contributed by atoms with Gasteiger partial charge < -0.3 is 9.64 Å². The van der Waals surface area contributed by atoms with Crippen LogP contribution in [-0.2, 0) is 0 Å². The molecule has 3 rings (SSSR count). The molecule has 1 aliphatic rings. The molecule has 2 aromatic heterocycles. The molecule has 0 aromatic carbocycles. The molecule has 1 saturated heterocycles. The predicted molar refractivity (Wildman–Crippen MR) is 83.6 cm³/mol. The highest BCUT2D eigenvalue weighted by molar-refractivity contribution is 9.10. The van der Waals surface area contributed by atoms with Crippen LogP contribution in [0.25, 0.3) is 0 Å². The second-order valence-corrected chi connectivity index (χ2v) is 6.03. The highest BCUT2D eigenvalue weighted by Gasteiger charge is 2.28. The normalized spacial score (nSPS) is 17.5. The first-order chi connectivity index (χ1) is 10.6. The van der Waals surface area contributed by atoms with Gasteiger partial charge in [-0.1, -0.05) is 0 Å². The Balaban J connectivity index is 1.63. The summed E-state index contributed by atoms with van der Waals surface area (Å²) in [4.78, 5) is 26.5. The number of hydrogen-bond donors (Lipinski definition) is 0. The average Bonchev–Trinajstić information content (AvgIpc) is 2.95. The van der Waals surface area contributed by atoms with Crippen molar-refractivity contribution in [2.75, 3.05) is 13.1 Å². The van der Waals surface area contributed by atoms with Gasteiger partial charge in [-0.25, -0.2) is 4.98 Å². The monoisotopic (exact) mass is 362 g/mol. The maximum atomic E-state index is 12.4. The molecule has 0 bridgehead atoms. The van der Waals surface area contributed by atoms with Gasteiger partial charge in [0.15, 0.2) is 0 Å². The van der Waals surface area contributed by atoms with Crippen molar-refractivity contribution in [1.82, 2.24) is 19.9 Å². The molecule has 0 unspecified atom stereocenters. The first-order valence-corrected chi connectivity index (χ1v) is 7.77. The Hall–Kier alpha value is -2.02. The minimum absolute atomic E-state index is 0.0289. The number of ether oxygens (including phenoxy) is 1. The van der Waals surface area contributed by atoms with Crippen LogP contribution in [0, 0.1) is 6.92 Å². The van der Waals surface area contributed by atoms with Gasteiger partial charge in [0, 0.05) is 42.1 Å². The SMILES string of the molecule is Cc1nccc(O[C@@H]2CCN(C(=O)c3cncc(Br)c3)C2)n1. The fourth-order valence-corrected chi connectivity index (χ4v) is 2.76. The van der Waals surface area contributed by atoms with Crippen molar-refractivity contribution in [3.63, 3.8) is 0 Å². The van der Waals surface area contributed by atoms with Gasteiger partial charge in [0.2, 0.25) is 5.88 Å². The van der Waals surface area contributed by atoms with E-state index in [4.69, 9.17) is 4.74 Å². The van der Waals surface area contributed by atoms with Crippen LogP contribution in [0.15, 0.2) is 35.2 Å². The zero-order valence-electron chi connectivity index (χ0n) is 12.1. The number of nitrogens with zero attached hydrogens (tertiary/aromatic N) is 4. The summed E-state index contributed by atoms with van der Waals surface area (Å²) < 4.78 is 6.62. The smallest absolute Gasteiger partial charge is 0.255 e. The molecule has 0 saturated carbocycles. The third-order valence-electron chi connectivity index (χ3n) is 3.42. The van der Waals surface area contributed by atoms with Crippen LogP contribution in [0.4, 0.5) is 0 Å². The third kappa shape index (κ3) is 3.41. The van der Waals surface area contributed by atoms with Gasteiger partial charge in [-0.3, -0.25) is 9.78 Å². The van der Waals surface area contributed by atoms with Gasteiger partial charge >= 0.3 is 0 Å². The van der Waals surface area contributed by atoms with Crippen LogP contribution in [0.3, 0.4) is 0 Å². The van der Waals surface area contributed by atoms with Gasteiger partial charge in [0.05, 0.1) is 12.1 Å². The topological polar surface area (TPSA) is 68.2 Å². The number of halogens is 1. The second kappa shape index (κ2) is 6.39. The van der Waals surface area contributed by atoms with Crippen molar-refractivity contribution in [3.8, 4) is 5.88 Å². The van der Waals surface area contributed by atoms with Crippen LogP contribution in [0.1, 0.15) is 22.6 Å². The molecule has 0 spiro atoms. The van der Waals surface area contributed by atoms with Gasteiger partial charge in [0.25, 0.3) is 5.91 Å². The molecule has 114 valence electrons. The molecule has 2 aromatic rings. The lowest BCUT2D eigenvalue weighted by Crippen LogP contribution is -2.31. The van der Waals surface area contributed by atoms with E-state index in [1.54, 1.807) is 35.6 Å². The minimum atomic E-state index is -0.0432. The molecule has 7 heteroatoms. The summed E-state index contributed by atoms with van der Waals surface area (Å²) in [5.41, 5.74) is 0.577. The van der Waals surface area contributed by atoms with Crippen molar-refractivity contribution < 1.29 is 9.53 Å². The molecular formula is C15H15BrN4O2. The summed E-state index contributed by atoms with van der Waals surface area (Å²) in [6.45, 7) is 3.03. The lowest BCUT2D eigenvalue weighted by Gasteiger charge is -2.17. The standard InChI is InChI=1S/C15H15BrN4O2/c1-10-18-4-2-14(19-10)22-13-3-5-20(9-13)15(21)11-6-12(16)8-17-7-11/h2,4,6-8,13H,3,5,9H2,1H3/t13-/m1/s1. The van der Waals surface area contributed by atoms with Crippen LogP contribution in [0.2, 0.25) is 0 Å². The number of aromatic nitrogens is 3. The molecule has 1 aliphatic heterocycles. The maximum Gasteiger partial charge on any atom is 0.255 e. The first-order valence-electron chi connectivity index (χ1n) is 6.98. The number of hydrogen-bond acceptors (Lipinski definition) is 5. The Bertz CT molecular complexity index is 695. The first kappa shape index (κ1) is 14.9. The van der Waals surface area contributed by atoms with E-state index in [9.17, 15) is 4.79 Å². The molecule has 0 N–H and O–H groups in total. The third-order valence-corrected chi connectivity index (χ3v) is 3.86. The van der Waals surface area contributed by atoms with E-state index in [0.717, 1.165) is 10.9 Å². The number of pyridine rings is 1. The summed E-state index contributed by atoms with van der Waals surface area (Å²) in [7, 11) is 0. The highest BCUT2D eigenvalue weighted by Crippen LogP contribution is 2.19. The van der Waals surface area contributed by atoms with Gasteiger partial charge in [-0.2, -0.15) is 4.98 Å². The van der Waals surface area contributed by atoms with Crippen molar-refractivity contribution in [2.45, 2.75) is 19.4 Å². The summed E-state index contributed by atoms with van der Waals surface area (Å²) in [6.07, 6.45) is 5.65. The zero-order valence-corrected chi connectivity index (χ0v) is 13.7. The van der Waals surface area contributed by atoms with Gasteiger partial charge in [0.1, 0.15) is 11.9 Å². The van der Waals surface area contributed by atoms with Gasteiger partial charge in [-0.05, 0) is 28.9 Å². The summed E-state index contributed by atoms with van der Waals surface area (Å²) in [6, 6.07) is 3.51. The van der Waals surface area contributed by atoms with Crippen LogP contribution in [-0.4, -0.2) is 45.0 Å². The summed E-state index contributed by atoms with van der Waals surface area (Å²) in [5.74, 6) is 1.19. The molecule has 1 amide bonds. The van der Waals surface area contributed by atoms with Crippen molar-refractivity contribution in [2.24, 2.45) is 0 Å². The molecule has 0 radical (unpaired) electrons. The molecule has 0 aliphatic carbocycles. The van der Waals surface area contributed by atoms with E-state index in [1.807, 2.05) is 6.92 Å². The number of carbonyl (C=O) groups is 1. The Labute approximate surface area is 136 Å². The van der Waals surface area contributed by atoms with E-state index in [0.29, 0.717) is 30.4 Å². The number of carbonyl (C=O) groups excluding carboxylic acids is 1. The molecule has 3 heterocycles. The number of aryl methyl sites for hydroxylation is 1. The molecule has 6 nitrogen and oxygen atoms in total. The summed E-state index contributed by atoms with van der Waals surface area (Å²) in [5, 5.41) is 0. The highest BCUT2D eigenvalue weighted by atomic mass is 79.9. The molecule has 1 atom stereocenters. The summed E-state index contributed by atoms with van der Waals surface area (Å²) >= 11 is 3.33. The molecule has 22 heavy (non-hydrogen) atoms. The quantitative estimate of drug-likeness (QED) is 0.837. The van der Waals surface area contributed by atoms with Crippen LogP contribution in [0.5, 0.6) is 5.88 Å². The van der Waals surface area contributed by atoms with E-state index < -0.39 is 0 Å². The van der Waals surface area contributed by atoms with Gasteiger partial charge in [-0.15, -0.1) is 0 Å². The fourth-order valence-electron chi connectivity index (χ4n) is 2.39. The van der Waals surface area contributed by atoms with E-state index in [1.165, 1.54) is 0 Å². The number of rotatable bonds is 3. The second-order valence-electron chi connectivity index (χ2n) is 5.11. The van der Waals surface area contributed by atoms with Crippen LogP contribution < -0.4 is 4.74 Å². The Morgan fingerprint density at radius 3 is 3.09 bits per heavy atom. The average molecular weight is 363 g/mol. The lowest BCUT2D eigenvalue weighted by molar-refractivity contribution is 0.0770. The molecular weight excluding hydrogens is 348 g/mol. The number of amides is 1. The van der Waals surface area contributed by atoms with E-state index in [-0.39, 0.29) is 12.0 Å². The van der Waals surface area contributed by atoms with Crippen molar-refractivity contribution in [3.05, 3.63) is 46.6 Å². The zero-order chi connectivity index (χ0) is 15.5. The Morgan fingerprint density at radius 1 is 1.45 bits per heavy atom. The van der Waals surface area contributed by atoms with E-state index >= 15 is 0 Å². The lowest BCUT2D eigenvalue weighted by atomic mass is 10.2. The Kier molecular flexibility index (Phi) is 4.33. The largest absolute Gasteiger partial charge is 0.472 e. The fraction of sp³-hybridized carbons (Fsp3) is 0.333. The minimum Gasteiger partial charge on any atom is -0.472 e. The maximum absolute atomic E-state index is 12.4. The number of likely N-dealkylation sites (tertiary alicyclic amines) is 1. The van der Waals surface area contributed by atoms with Crippen LogP contribution >= 0.6 is 15.9 Å². The van der Waals surface area contributed by atoms with Crippen molar-refractivity contribution in [1.29, 1.82) is 0 Å². The van der Waals surface area contributed by atoms with Crippen molar-refractivity contribution >= 4 is 21.8 Å². The Morgan fingerprint density at radius 2 is 2.32 bits per heavy atom. The predicted octanol–water partition coefficient (Wildman–Crippen LogP) is 2.24. The van der Waals surface area contributed by atoms with E-state index in [2.05, 4.69) is 30.9 Å².